The first-order valence-electron chi connectivity index (χ1n) is 11.3. The average Bonchev–Trinajstić information content (AvgIpc) is 3.33. The summed E-state index contributed by atoms with van der Waals surface area (Å²) in [5.41, 5.74) is 2.83. The van der Waals surface area contributed by atoms with Gasteiger partial charge in [0, 0.05) is 17.7 Å². The van der Waals surface area contributed by atoms with Crippen LogP contribution in [0.4, 0.5) is 10.8 Å². The maximum atomic E-state index is 13.6. The molecule has 0 aliphatic carbocycles. The number of nitro benzene ring substituents is 1. The van der Waals surface area contributed by atoms with Crippen LogP contribution in [0, 0.1) is 17.0 Å². The summed E-state index contributed by atoms with van der Waals surface area (Å²) in [5.74, 6) is 0.917. The molecule has 0 saturated carbocycles. The molecule has 9 heteroatoms. The Kier molecular flexibility index (Phi) is 6.69. The van der Waals surface area contributed by atoms with Gasteiger partial charge in [0.1, 0.15) is 11.5 Å². The second-order valence-corrected chi connectivity index (χ2v) is 9.13. The maximum Gasteiger partial charge on any atom is 0.280 e. The molecule has 0 spiro atoms. The van der Waals surface area contributed by atoms with Gasteiger partial charge in [-0.2, -0.15) is 10.1 Å². The topological polar surface area (TPSA) is 97.9 Å². The number of rotatable bonds is 7. The molecule has 1 amide bonds. The number of ether oxygens (including phenoxy) is 1. The summed E-state index contributed by atoms with van der Waals surface area (Å²) >= 11 is 1.36. The number of aryl methyl sites for hydroxylation is 1. The van der Waals surface area contributed by atoms with Gasteiger partial charge in [0.05, 0.1) is 21.4 Å². The van der Waals surface area contributed by atoms with Gasteiger partial charge < -0.3 is 4.74 Å². The van der Waals surface area contributed by atoms with E-state index in [2.05, 4.69) is 10.1 Å². The Bertz CT molecular complexity index is 1600. The van der Waals surface area contributed by atoms with Crippen molar-refractivity contribution < 1.29 is 14.5 Å². The van der Waals surface area contributed by atoms with Gasteiger partial charge in [-0.05, 0) is 78.7 Å². The first-order valence-corrected chi connectivity index (χ1v) is 12.1. The second-order valence-electron chi connectivity index (χ2n) is 8.12. The molecule has 1 heterocycles. The lowest BCUT2D eigenvalue weighted by Gasteiger charge is -2.14. The molecule has 1 aromatic heterocycles. The number of hydrogen-bond donors (Lipinski definition) is 0. The number of thiazole rings is 1. The van der Waals surface area contributed by atoms with Gasteiger partial charge in [0.15, 0.2) is 0 Å². The third kappa shape index (κ3) is 5.52. The Balaban J connectivity index is 1.45. The smallest absolute Gasteiger partial charge is 0.280 e. The molecule has 4 aromatic carbocycles. The largest absolute Gasteiger partial charge is 0.457 e. The first kappa shape index (κ1) is 23.8. The maximum absolute atomic E-state index is 13.6. The molecule has 182 valence electrons. The SMILES string of the molecule is Cc1ccc2nc(N(/N=C/c3ccc([N+](=O)[O-])cc3)C(=O)c3ccc(Oc4ccccc4)cc3)sc2c1. The van der Waals surface area contributed by atoms with Gasteiger partial charge in [0.2, 0.25) is 5.13 Å². The molecule has 0 saturated heterocycles. The Morgan fingerprint density at radius 3 is 2.38 bits per heavy atom. The molecule has 5 rings (SSSR count). The summed E-state index contributed by atoms with van der Waals surface area (Å²) in [6.07, 6.45) is 1.48. The predicted molar refractivity (Wildman–Crippen MR) is 145 cm³/mol. The molecule has 0 atom stereocenters. The van der Waals surface area contributed by atoms with Gasteiger partial charge in [-0.25, -0.2) is 4.98 Å². The van der Waals surface area contributed by atoms with E-state index in [1.807, 2.05) is 55.5 Å². The fourth-order valence-electron chi connectivity index (χ4n) is 3.52. The number of nitro groups is 1. The fraction of sp³-hybridized carbons (Fsp3) is 0.0357. The second kappa shape index (κ2) is 10.4. The van der Waals surface area contributed by atoms with Crippen molar-refractivity contribution in [2.24, 2.45) is 5.10 Å². The monoisotopic (exact) mass is 508 g/mol. The van der Waals surface area contributed by atoms with E-state index in [1.54, 1.807) is 36.4 Å². The zero-order chi connectivity index (χ0) is 25.8. The molecule has 0 aliphatic heterocycles. The normalized spacial score (nSPS) is 11.1. The quantitative estimate of drug-likeness (QED) is 0.134. The Labute approximate surface area is 216 Å². The minimum atomic E-state index is -0.467. The van der Waals surface area contributed by atoms with E-state index >= 15 is 0 Å². The minimum Gasteiger partial charge on any atom is -0.457 e. The predicted octanol–water partition coefficient (Wildman–Crippen LogP) is 6.99. The molecule has 0 N–H and O–H groups in total. The highest BCUT2D eigenvalue weighted by molar-refractivity contribution is 7.22. The van der Waals surface area contributed by atoms with E-state index in [0.29, 0.717) is 27.8 Å². The molecule has 0 bridgehead atoms. The lowest BCUT2D eigenvalue weighted by atomic mass is 10.2. The molecule has 5 aromatic rings. The summed E-state index contributed by atoms with van der Waals surface area (Å²) in [7, 11) is 0. The highest BCUT2D eigenvalue weighted by Crippen LogP contribution is 2.31. The lowest BCUT2D eigenvalue weighted by Crippen LogP contribution is -2.25. The summed E-state index contributed by atoms with van der Waals surface area (Å²) in [6, 6.07) is 28.0. The van der Waals surface area contributed by atoms with Crippen LogP contribution in [0.15, 0.2) is 102 Å². The van der Waals surface area contributed by atoms with Crippen molar-refractivity contribution in [1.82, 2.24) is 4.98 Å². The van der Waals surface area contributed by atoms with Crippen molar-refractivity contribution in [3.05, 3.63) is 124 Å². The fourth-order valence-corrected chi connectivity index (χ4v) is 4.54. The van der Waals surface area contributed by atoms with Crippen LogP contribution in [0.3, 0.4) is 0 Å². The molecule has 0 fully saturated rings. The van der Waals surface area contributed by atoms with Crippen LogP contribution in [0.1, 0.15) is 21.5 Å². The number of non-ortho nitro benzene ring substituents is 1. The minimum absolute atomic E-state index is 0.0237. The number of benzene rings is 4. The van der Waals surface area contributed by atoms with Crippen molar-refractivity contribution in [3.8, 4) is 11.5 Å². The van der Waals surface area contributed by atoms with Gasteiger partial charge in [-0.1, -0.05) is 35.6 Å². The van der Waals surface area contributed by atoms with Crippen LogP contribution < -0.4 is 9.75 Å². The van der Waals surface area contributed by atoms with Crippen LogP contribution in [0.2, 0.25) is 0 Å². The first-order chi connectivity index (χ1) is 18.0. The van der Waals surface area contributed by atoms with Crippen LogP contribution >= 0.6 is 11.3 Å². The summed E-state index contributed by atoms with van der Waals surface area (Å²) in [4.78, 5) is 28.7. The summed E-state index contributed by atoms with van der Waals surface area (Å²) in [6.45, 7) is 1.99. The Morgan fingerprint density at radius 1 is 0.973 bits per heavy atom. The average molecular weight is 509 g/mol. The van der Waals surface area contributed by atoms with Crippen LogP contribution in [0.25, 0.3) is 10.2 Å². The van der Waals surface area contributed by atoms with Crippen molar-refractivity contribution in [3.63, 3.8) is 0 Å². The van der Waals surface area contributed by atoms with Crippen LogP contribution in [0.5, 0.6) is 11.5 Å². The zero-order valence-corrected chi connectivity index (χ0v) is 20.5. The molecule has 8 nitrogen and oxygen atoms in total. The molecular weight excluding hydrogens is 488 g/mol. The van der Waals surface area contributed by atoms with Crippen molar-refractivity contribution >= 4 is 44.5 Å². The van der Waals surface area contributed by atoms with E-state index in [4.69, 9.17) is 4.74 Å². The van der Waals surface area contributed by atoms with Gasteiger partial charge in [-0.15, -0.1) is 0 Å². The highest BCUT2D eigenvalue weighted by atomic mass is 32.1. The van der Waals surface area contributed by atoms with Crippen LogP contribution in [-0.2, 0) is 0 Å². The number of fused-ring (bicyclic) bond motifs is 1. The molecule has 0 radical (unpaired) electrons. The van der Waals surface area contributed by atoms with Crippen LogP contribution in [-0.4, -0.2) is 22.0 Å². The number of hydrogen-bond acceptors (Lipinski definition) is 7. The van der Waals surface area contributed by atoms with Crippen molar-refractivity contribution in [2.45, 2.75) is 6.92 Å². The molecule has 0 unspecified atom stereocenters. The van der Waals surface area contributed by atoms with E-state index < -0.39 is 4.92 Å². The zero-order valence-electron chi connectivity index (χ0n) is 19.6. The molecule has 37 heavy (non-hydrogen) atoms. The van der Waals surface area contributed by atoms with E-state index in [9.17, 15) is 14.9 Å². The van der Waals surface area contributed by atoms with Gasteiger partial charge in [-0.3, -0.25) is 14.9 Å². The van der Waals surface area contributed by atoms with E-state index in [-0.39, 0.29) is 11.6 Å². The lowest BCUT2D eigenvalue weighted by molar-refractivity contribution is -0.384. The molecular formula is C28H20N4O4S. The number of nitrogens with zero attached hydrogens (tertiary/aromatic N) is 4. The number of para-hydroxylation sites is 1. The number of hydrazone groups is 1. The summed E-state index contributed by atoms with van der Waals surface area (Å²) < 4.78 is 6.76. The number of aromatic nitrogens is 1. The van der Waals surface area contributed by atoms with Gasteiger partial charge >= 0.3 is 0 Å². The Morgan fingerprint density at radius 2 is 1.68 bits per heavy atom. The molecule has 0 aliphatic rings. The Hall–Kier alpha value is -4.89. The standard InChI is InChI=1S/C28H20N4O4S/c1-19-7-16-25-26(17-19)37-28(30-25)31(29-18-20-8-12-22(13-9-20)32(34)35)27(33)21-10-14-24(15-11-21)36-23-5-3-2-4-6-23/h2-18H,1H3/b29-18+. The van der Waals surface area contributed by atoms with Gasteiger partial charge in [0.25, 0.3) is 11.6 Å². The number of carbonyl (C=O) groups excluding carboxylic acids is 1. The number of carbonyl (C=O) groups is 1. The van der Waals surface area contributed by atoms with Crippen molar-refractivity contribution in [1.29, 1.82) is 0 Å². The summed E-state index contributed by atoms with van der Waals surface area (Å²) in [5, 5.41) is 17.0. The number of amides is 1. The number of anilines is 1. The third-order valence-electron chi connectivity index (χ3n) is 5.41. The highest BCUT2D eigenvalue weighted by Gasteiger charge is 2.21. The van der Waals surface area contributed by atoms with E-state index in [0.717, 1.165) is 15.8 Å². The van der Waals surface area contributed by atoms with Crippen molar-refractivity contribution in [2.75, 3.05) is 5.01 Å². The van der Waals surface area contributed by atoms with E-state index in [1.165, 1.54) is 34.7 Å². The third-order valence-corrected chi connectivity index (χ3v) is 6.41.